The van der Waals surface area contributed by atoms with E-state index in [9.17, 15) is 13.6 Å². The largest absolute Gasteiger partial charge is 0.360 e. The molecule has 1 aromatic carbocycles. The normalized spacial score (nSPS) is 11.0. The monoisotopic (exact) mass is 306 g/mol. The van der Waals surface area contributed by atoms with Crippen molar-refractivity contribution in [3.05, 3.63) is 41.9 Å². The molecule has 0 saturated heterocycles. The number of nitrogens with one attached hydrogen (secondary N) is 1. The van der Waals surface area contributed by atoms with Gasteiger partial charge in [-0.3, -0.25) is 4.79 Å². The van der Waals surface area contributed by atoms with Gasteiger partial charge in [-0.15, -0.1) is 0 Å². The molecular formula is C14H12F2N4O2. The van der Waals surface area contributed by atoms with Crippen LogP contribution in [0.15, 0.2) is 29.0 Å². The average Bonchev–Trinajstić information content (AvgIpc) is 3.04. The van der Waals surface area contributed by atoms with E-state index in [-0.39, 0.29) is 18.9 Å². The number of imidazole rings is 1. The molecule has 0 spiro atoms. The van der Waals surface area contributed by atoms with Crippen LogP contribution in [0.1, 0.15) is 12.2 Å². The van der Waals surface area contributed by atoms with Gasteiger partial charge in [-0.2, -0.15) is 0 Å². The summed E-state index contributed by atoms with van der Waals surface area (Å²) in [5.41, 5.74) is 0.774. The predicted octanol–water partition coefficient (Wildman–Crippen LogP) is 2.64. The minimum Gasteiger partial charge on any atom is -0.360 e. The van der Waals surface area contributed by atoms with E-state index in [1.165, 1.54) is 6.33 Å². The summed E-state index contributed by atoms with van der Waals surface area (Å²) >= 11 is 0. The summed E-state index contributed by atoms with van der Waals surface area (Å²) in [5.74, 6) is -1.23. The zero-order chi connectivity index (χ0) is 15.7. The van der Waals surface area contributed by atoms with Crippen molar-refractivity contribution in [2.75, 3.05) is 5.32 Å². The van der Waals surface area contributed by atoms with Gasteiger partial charge >= 0.3 is 0 Å². The number of aryl methyl sites for hydroxylation is 2. The van der Waals surface area contributed by atoms with Crippen LogP contribution in [0.25, 0.3) is 11.0 Å². The van der Waals surface area contributed by atoms with Gasteiger partial charge in [0.2, 0.25) is 5.91 Å². The zero-order valence-corrected chi connectivity index (χ0v) is 11.6. The molecule has 2 aromatic heterocycles. The third-order valence-corrected chi connectivity index (χ3v) is 3.14. The summed E-state index contributed by atoms with van der Waals surface area (Å²) in [5, 5.41) is 6.24. The zero-order valence-electron chi connectivity index (χ0n) is 11.6. The van der Waals surface area contributed by atoms with Crippen LogP contribution in [0.3, 0.4) is 0 Å². The van der Waals surface area contributed by atoms with Gasteiger partial charge in [0.25, 0.3) is 0 Å². The van der Waals surface area contributed by atoms with Gasteiger partial charge in [0, 0.05) is 31.2 Å². The second-order valence-electron chi connectivity index (χ2n) is 4.81. The van der Waals surface area contributed by atoms with Crippen molar-refractivity contribution in [1.29, 1.82) is 0 Å². The van der Waals surface area contributed by atoms with Crippen LogP contribution in [-0.4, -0.2) is 20.6 Å². The summed E-state index contributed by atoms with van der Waals surface area (Å²) in [4.78, 5) is 15.8. The Morgan fingerprint density at radius 3 is 2.82 bits per heavy atom. The second-order valence-corrected chi connectivity index (χ2v) is 4.81. The van der Waals surface area contributed by atoms with E-state index in [1.54, 1.807) is 17.6 Å². The fraction of sp³-hybridized carbons (Fsp3) is 0.214. The van der Waals surface area contributed by atoms with Gasteiger partial charge in [0.15, 0.2) is 17.5 Å². The minimum atomic E-state index is -0.947. The Morgan fingerprint density at radius 2 is 2.09 bits per heavy atom. The Bertz CT molecular complexity index is 841. The number of fused-ring (bicyclic) bond motifs is 1. The van der Waals surface area contributed by atoms with Crippen molar-refractivity contribution in [1.82, 2.24) is 14.7 Å². The van der Waals surface area contributed by atoms with Crippen LogP contribution in [0.2, 0.25) is 0 Å². The van der Waals surface area contributed by atoms with Crippen LogP contribution in [-0.2, 0) is 11.3 Å². The highest BCUT2D eigenvalue weighted by Crippen LogP contribution is 2.18. The third kappa shape index (κ3) is 2.80. The van der Waals surface area contributed by atoms with E-state index in [4.69, 9.17) is 4.52 Å². The van der Waals surface area contributed by atoms with Crippen molar-refractivity contribution in [3.8, 4) is 0 Å². The highest BCUT2D eigenvalue weighted by Gasteiger charge is 2.11. The summed E-state index contributed by atoms with van der Waals surface area (Å²) in [6, 6.07) is 3.69. The molecule has 22 heavy (non-hydrogen) atoms. The van der Waals surface area contributed by atoms with Crippen molar-refractivity contribution in [3.63, 3.8) is 0 Å². The van der Waals surface area contributed by atoms with Crippen LogP contribution < -0.4 is 5.32 Å². The van der Waals surface area contributed by atoms with E-state index >= 15 is 0 Å². The number of hydrogen-bond donors (Lipinski definition) is 1. The maximum atomic E-state index is 13.3. The molecule has 3 aromatic rings. The van der Waals surface area contributed by atoms with Crippen molar-refractivity contribution < 1.29 is 18.1 Å². The number of anilines is 1. The van der Waals surface area contributed by atoms with Gasteiger partial charge < -0.3 is 14.4 Å². The van der Waals surface area contributed by atoms with Gasteiger partial charge in [0.1, 0.15) is 5.76 Å². The Morgan fingerprint density at radius 1 is 1.32 bits per heavy atom. The van der Waals surface area contributed by atoms with Gasteiger partial charge in [-0.25, -0.2) is 13.8 Å². The molecule has 8 heteroatoms. The molecule has 0 atom stereocenters. The van der Waals surface area contributed by atoms with Crippen LogP contribution in [0.4, 0.5) is 14.6 Å². The molecule has 0 bridgehead atoms. The standard InChI is InChI=1S/C14H12F2N4O2/c1-8-4-13(19-22-8)18-14(21)2-3-20-7-17-11-5-9(15)10(16)6-12(11)20/h4-7H,2-3H2,1H3,(H,18,19,21). The van der Waals surface area contributed by atoms with Crippen molar-refractivity contribution in [2.24, 2.45) is 0 Å². The number of halogens is 2. The molecule has 0 radical (unpaired) electrons. The lowest BCUT2D eigenvalue weighted by molar-refractivity contribution is -0.116. The molecule has 1 N–H and O–H groups in total. The number of nitrogens with zero attached hydrogens (tertiary/aromatic N) is 3. The van der Waals surface area contributed by atoms with Gasteiger partial charge in [-0.05, 0) is 6.92 Å². The Balaban J connectivity index is 1.68. The van der Waals surface area contributed by atoms with Crippen LogP contribution in [0, 0.1) is 18.6 Å². The first kappa shape index (κ1) is 14.2. The first-order chi connectivity index (χ1) is 10.5. The summed E-state index contributed by atoms with van der Waals surface area (Å²) < 4.78 is 32.8. The second kappa shape index (κ2) is 5.55. The Hall–Kier alpha value is -2.77. The lowest BCUT2D eigenvalue weighted by Gasteiger charge is -2.04. The van der Waals surface area contributed by atoms with E-state index < -0.39 is 11.6 Å². The molecule has 0 unspecified atom stereocenters. The Labute approximate surface area is 123 Å². The lowest BCUT2D eigenvalue weighted by atomic mass is 10.3. The number of benzene rings is 1. The molecule has 0 fully saturated rings. The van der Waals surface area contributed by atoms with Crippen molar-refractivity contribution in [2.45, 2.75) is 19.9 Å². The molecule has 0 saturated carbocycles. The molecule has 2 heterocycles. The van der Waals surface area contributed by atoms with E-state index in [2.05, 4.69) is 15.5 Å². The summed E-state index contributed by atoms with van der Waals surface area (Å²) in [6.07, 6.45) is 1.58. The fourth-order valence-corrected chi connectivity index (χ4v) is 2.08. The average molecular weight is 306 g/mol. The first-order valence-corrected chi connectivity index (χ1v) is 6.56. The lowest BCUT2D eigenvalue weighted by Crippen LogP contribution is -2.14. The Kier molecular flexibility index (Phi) is 3.58. The fourth-order valence-electron chi connectivity index (χ4n) is 2.08. The van der Waals surface area contributed by atoms with Gasteiger partial charge in [0.05, 0.1) is 17.4 Å². The topological polar surface area (TPSA) is 73.0 Å². The smallest absolute Gasteiger partial charge is 0.227 e. The first-order valence-electron chi connectivity index (χ1n) is 6.56. The summed E-state index contributed by atoms with van der Waals surface area (Å²) in [6.45, 7) is 2.00. The molecule has 114 valence electrons. The highest BCUT2D eigenvalue weighted by molar-refractivity contribution is 5.89. The molecule has 0 aliphatic rings. The number of carbonyl (C=O) groups is 1. The maximum absolute atomic E-state index is 13.3. The molecular weight excluding hydrogens is 294 g/mol. The molecule has 3 rings (SSSR count). The van der Waals surface area contributed by atoms with Gasteiger partial charge in [-0.1, -0.05) is 5.16 Å². The summed E-state index contributed by atoms with van der Waals surface area (Å²) in [7, 11) is 0. The predicted molar refractivity (Wildman–Crippen MR) is 74.1 cm³/mol. The quantitative estimate of drug-likeness (QED) is 0.804. The van der Waals surface area contributed by atoms with E-state index in [0.29, 0.717) is 22.6 Å². The number of amides is 1. The van der Waals surface area contributed by atoms with Crippen molar-refractivity contribution >= 4 is 22.8 Å². The minimum absolute atomic E-state index is 0.135. The number of carbonyl (C=O) groups excluding carboxylic acids is 1. The van der Waals surface area contributed by atoms with Crippen LogP contribution in [0.5, 0.6) is 0 Å². The number of rotatable bonds is 4. The number of aromatic nitrogens is 3. The molecule has 0 aliphatic heterocycles. The maximum Gasteiger partial charge on any atom is 0.227 e. The molecule has 1 amide bonds. The highest BCUT2D eigenvalue weighted by atomic mass is 19.2. The molecule has 0 aliphatic carbocycles. The van der Waals surface area contributed by atoms with E-state index in [1.807, 2.05) is 0 Å². The third-order valence-electron chi connectivity index (χ3n) is 3.14. The van der Waals surface area contributed by atoms with Crippen LogP contribution >= 0.6 is 0 Å². The number of hydrogen-bond acceptors (Lipinski definition) is 4. The SMILES string of the molecule is Cc1cc(NC(=O)CCn2cnc3cc(F)c(F)cc32)no1. The van der Waals surface area contributed by atoms with E-state index in [0.717, 1.165) is 12.1 Å². The molecule has 6 nitrogen and oxygen atoms in total.